The molecule has 1 aromatic carbocycles. The number of hydrogen-bond acceptors (Lipinski definition) is 4. The average Bonchev–Trinajstić information content (AvgIpc) is 2.13. The average molecular weight is 401 g/mol. The number of likely N-dealkylation sites (N-methyl/N-ethyl adjacent to an activating group) is 1. The molecule has 1 rings (SSSR count). The van der Waals surface area contributed by atoms with Crippen LogP contribution in [0.3, 0.4) is 0 Å². The molecule has 0 amide bonds. The van der Waals surface area contributed by atoms with Gasteiger partial charge in [0.25, 0.3) is 0 Å². The van der Waals surface area contributed by atoms with Gasteiger partial charge in [0.2, 0.25) is 10.0 Å². The van der Waals surface area contributed by atoms with Gasteiger partial charge in [0.15, 0.2) is 0 Å². The van der Waals surface area contributed by atoms with Crippen molar-refractivity contribution in [2.24, 2.45) is 0 Å². The second-order valence-corrected chi connectivity index (χ2v) is 7.43. The zero-order valence-corrected chi connectivity index (χ0v) is 14.1. The Hall–Kier alpha value is -0.150. The van der Waals surface area contributed by atoms with Crippen LogP contribution in [0.2, 0.25) is 0 Å². The zero-order valence-electron chi connectivity index (χ0n) is 10.1. The van der Waals surface area contributed by atoms with E-state index in [4.69, 9.17) is 5.73 Å². The summed E-state index contributed by atoms with van der Waals surface area (Å²) in [7, 11) is 0.197. The fraction of sp³-hybridized carbons (Fsp3) is 0.400. The summed E-state index contributed by atoms with van der Waals surface area (Å²) in [5, 5.41) is 0. The van der Waals surface area contributed by atoms with E-state index in [0.29, 0.717) is 27.7 Å². The maximum atomic E-state index is 12.1. The quantitative estimate of drug-likeness (QED) is 0.736. The molecule has 0 saturated heterocycles. The topological polar surface area (TPSA) is 75.4 Å². The molecular formula is C10H15Br2N3O2S. The molecule has 5 nitrogen and oxygen atoms in total. The van der Waals surface area contributed by atoms with Crippen molar-refractivity contribution in [3.63, 3.8) is 0 Å². The minimum atomic E-state index is -3.56. The van der Waals surface area contributed by atoms with E-state index in [2.05, 4.69) is 36.6 Å². The summed E-state index contributed by atoms with van der Waals surface area (Å²) in [5.41, 5.74) is 6.12. The first-order chi connectivity index (χ1) is 8.24. The molecule has 0 aromatic heterocycles. The lowest BCUT2D eigenvalue weighted by Crippen LogP contribution is -2.31. The van der Waals surface area contributed by atoms with Gasteiger partial charge in [-0.25, -0.2) is 13.1 Å². The third-order valence-electron chi connectivity index (χ3n) is 2.14. The van der Waals surface area contributed by atoms with Crippen LogP contribution in [0.4, 0.5) is 5.69 Å². The van der Waals surface area contributed by atoms with Crippen molar-refractivity contribution in [2.45, 2.75) is 4.90 Å². The van der Waals surface area contributed by atoms with Crippen molar-refractivity contribution in [3.8, 4) is 0 Å². The number of nitrogens with one attached hydrogen (secondary N) is 1. The van der Waals surface area contributed by atoms with E-state index in [9.17, 15) is 8.42 Å². The third kappa shape index (κ3) is 4.20. The first-order valence-corrected chi connectivity index (χ1v) is 8.20. The zero-order chi connectivity index (χ0) is 13.9. The number of nitrogens with two attached hydrogens (primary N) is 1. The second-order valence-electron chi connectivity index (χ2n) is 4.01. The fourth-order valence-electron chi connectivity index (χ4n) is 1.31. The highest BCUT2D eigenvalue weighted by molar-refractivity contribution is 9.11. The van der Waals surface area contributed by atoms with Gasteiger partial charge < -0.3 is 10.6 Å². The SMILES string of the molecule is CN(C)CCNS(=O)(=O)c1c(Br)cc(N)cc1Br. The van der Waals surface area contributed by atoms with E-state index in [1.807, 2.05) is 19.0 Å². The molecule has 18 heavy (non-hydrogen) atoms. The van der Waals surface area contributed by atoms with Crippen molar-refractivity contribution < 1.29 is 8.42 Å². The molecule has 0 bridgehead atoms. The Bertz CT molecular complexity index is 509. The number of halogens is 2. The maximum absolute atomic E-state index is 12.1. The van der Waals surface area contributed by atoms with Gasteiger partial charge >= 0.3 is 0 Å². The van der Waals surface area contributed by atoms with E-state index < -0.39 is 10.0 Å². The monoisotopic (exact) mass is 399 g/mol. The number of benzene rings is 1. The summed E-state index contributed by atoms with van der Waals surface area (Å²) in [6.45, 7) is 0.974. The number of nitrogens with zero attached hydrogens (tertiary/aromatic N) is 1. The van der Waals surface area contributed by atoms with Crippen molar-refractivity contribution in [2.75, 3.05) is 32.9 Å². The smallest absolute Gasteiger partial charge is 0.242 e. The van der Waals surface area contributed by atoms with E-state index in [-0.39, 0.29) is 4.90 Å². The van der Waals surface area contributed by atoms with Crippen molar-refractivity contribution in [1.82, 2.24) is 9.62 Å². The Morgan fingerprint density at radius 3 is 2.22 bits per heavy atom. The summed E-state index contributed by atoms with van der Waals surface area (Å²) >= 11 is 6.43. The van der Waals surface area contributed by atoms with E-state index in [1.165, 1.54) is 0 Å². The van der Waals surface area contributed by atoms with Crippen LogP contribution in [-0.2, 0) is 10.0 Å². The Labute approximate surface area is 124 Å². The van der Waals surface area contributed by atoms with Crippen LogP contribution >= 0.6 is 31.9 Å². The lowest BCUT2D eigenvalue weighted by molar-refractivity contribution is 0.412. The minimum absolute atomic E-state index is 0.162. The summed E-state index contributed by atoms with van der Waals surface area (Å²) < 4.78 is 27.7. The molecule has 0 heterocycles. The van der Waals surface area contributed by atoms with Gasteiger partial charge in [0, 0.05) is 27.7 Å². The highest BCUT2D eigenvalue weighted by Gasteiger charge is 2.21. The van der Waals surface area contributed by atoms with Crippen LogP contribution in [0, 0.1) is 0 Å². The molecule has 0 spiro atoms. The Morgan fingerprint density at radius 2 is 1.78 bits per heavy atom. The van der Waals surface area contributed by atoms with Gasteiger partial charge in [-0.2, -0.15) is 0 Å². The van der Waals surface area contributed by atoms with Gasteiger partial charge in [-0.3, -0.25) is 0 Å². The van der Waals surface area contributed by atoms with Crippen LogP contribution < -0.4 is 10.5 Å². The van der Waals surface area contributed by atoms with E-state index in [0.717, 1.165) is 0 Å². The van der Waals surface area contributed by atoms with Crippen molar-refractivity contribution >= 4 is 47.6 Å². The largest absolute Gasteiger partial charge is 0.399 e. The summed E-state index contributed by atoms with van der Waals surface area (Å²) in [5.74, 6) is 0. The maximum Gasteiger partial charge on any atom is 0.242 e. The molecule has 0 atom stereocenters. The first kappa shape index (κ1) is 15.9. The van der Waals surface area contributed by atoms with Gasteiger partial charge in [-0.05, 0) is 58.1 Å². The summed E-state index contributed by atoms with van der Waals surface area (Å²) in [6, 6.07) is 3.12. The number of sulfonamides is 1. The second kappa shape index (κ2) is 6.33. The van der Waals surface area contributed by atoms with Gasteiger partial charge in [-0.1, -0.05) is 0 Å². The number of anilines is 1. The fourth-order valence-corrected chi connectivity index (χ4v) is 4.95. The number of hydrogen-bond donors (Lipinski definition) is 2. The van der Waals surface area contributed by atoms with E-state index >= 15 is 0 Å². The molecule has 102 valence electrons. The Kier molecular flexibility index (Phi) is 5.60. The van der Waals surface area contributed by atoms with Crippen LogP contribution in [0.25, 0.3) is 0 Å². The van der Waals surface area contributed by atoms with E-state index in [1.54, 1.807) is 12.1 Å². The predicted octanol–water partition coefficient (Wildman–Crippen LogP) is 1.63. The lowest BCUT2D eigenvalue weighted by Gasteiger charge is -2.13. The molecule has 0 unspecified atom stereocenters. The third-order valence-corrected chi connectivity index (χ3v) is 5.48. The summed E-state index contributed by atoms with van der Waals surface area (Å²) in [6.07, 6.45) is 0. The predicted molar refractivity (Wildman–Crippen MR) is 80.0 cm³/mol. The highest BCUT2D eigenvalue weighted by atomic mass is 79.9. The molecule has 0 aliphatic heterocycles. The normalized spacial score (nSPS) is 12.1. The number of nitrogen functional groups attached to an aromatic ring is 1. The number of rotatable bonds is 5. The van der Waals surface area contributed by atoms with Crippen LogP contribution in [0.5, 0.6) is 0 Å². The first-order valence-electron chi connectivity index (χ1n) is 5.13. The molecule has 0 aliphatic carbocycles. The highest BCUT2D eigenvalue weighted by Crippen LogP contribution is 2.32. The van der Waals surface area contributed by atoms with Crippen LogP contribution in [-0.4, -0.2) is 40.5 Å². The molecule has 0 aliphatic rings. The standard InChI is InChI=1S/C10H15Br2N3O2S/c1-15(2)4-3-14-18(16,17)10-8(11)5-7(13)6-9(10)12/h5-6,14H,3-4,13H2,1-2H3. The molecule has 0 radical (unpaired) electrons. The minimum Gasteiger partial charge on any atom is -0.399 e. The molecule has 8 heteroatoms. The van der Waals surface area contributed by atoms with Crippen molar-refractivity contribution in [1.29, 1.82) is 0 Å². The Morgan fingerprint density at radius 1 is 1.28 bits per heavy atom. The molecule has 1 aromatic rings. The lowest BCUT2D eigenvalue weighted by atomic mass is 10.3. The molecule has 3 N–H and O–H groups in total. The molecule has 0 saturated carbocycles. The molecule has 0 fully saturated rings. The van der Waals surface area contributed by atoms with Crippen LogP contribution in [0.1, 0.15) is 0 Å². The molecular weight excluding hydrogens is 386 g/mol. The van der Waals surface area contributed by atoms with Crippen LogP contribution in [0.15, 0.2) is 26.0 Å². The van der Waals surface area contributed by atoms with Gasteiger partial charge in [0.1, 0.15) is 4.90 Å². The van der Waals surface area contributed by atoms with Crippen molar-refractivity contribution in [3.05, 3.63) is 21.1 Å². The Balaban J connectivity index is 2.99. The van der Waals surface area contributed by atoms with Gasteiger partial charge in [-0.15, -0.1) is 0 Å². The van der Waals surface area contributed by atoms with Gasteiger partial charge in [0.05, 0.1) is 0 Å². The summed E-state index contributed by atoms with van der Waals surface area (Å²) in [4.78, 5) is 2.06.